The fraction of sp³-hybridized carbons (Fsp3) is 0.0769. The SMILES string of the molecule is C=C/C=C(\C=C)c1ccc(N(c2ccc(-c3ccccc3)cc2)c2ccc3c(c2)C(C)(C)c2ccccc2-3)cc1. The monoisotopic (exact) mass is 515 g/mol. The molecule has 0 bridgehead atoms. The van der Waals surface area contributed by atoms with Gasteiger partial charge in [-0.15, -0.1) is 0 Å². The van der Waals surface area contributed by atoms with Gasteiger partial charge in [0.15, 0.2) is 0 Å². The lowest BCUT2D eigenvalue weighted by Crippen LogP contribution is -2.16. The summed E-state index contributed by atoms with van der Waals surface area (Å²) < 4.78 is 0. The molecule has 6 rings (SSSR count). The number of nitrogens with zero attached hydrogens (tertiary/aromatic N) is 1. The van der Waals surface area contributed by atoms with Crippen LogP contribution in [0.3, 0.4) is 0 Å². The van der Waals surface area contributed by atoms with Crippen LogP contribution in [0.25, 0.3) is 27.8 Å². The third kappa shape index (κ3) is 4.40. The van der Waals surface area contributed by atoms with Crippen LogP contribution < -0.4 is 4.90 Å². The fourth-order valence-corrected chi connectivity index (χ4v) is 5.92. The highest BCUT2D eigenvalue weighted by Crippen LogP contribution is 2.50. The molecule has 5 aromatic rings. The van der Waals surface area contributed by atoms with Crippen LogP contribution in [-0.2, 0) is 5.41 Å². The molecule has 0 amide bonds. The van der Waals surface area contributed by atoms with Gasteiger partial charge in [-0.25, -0.2) is 0 Å². The predicted octanol–water partition coefficient (Wildman–Crippen LogP) is 10.9. The van der Waals surface area contributed by atoms with E-state index in [0.717, 1.165) is 28.2 Å². The van der Waals surface area contributed by atoms with E-state index >= 15 is 0 Å². The van der Waals surface area contributed by atoms with Crippen LogP contribution >= 0.6 is 0 Å². The van der Waals surface area contributed by atoms with Crippen LogP contribution in [0.4, 0.5) is 17.1 Å². The Kier molecular flexibility index (Phi) is 6.58. The number of benzene rings is 5. The molecule has 0 radical (unpaired) electrons. The van der Waals surface area contributed by atoms with E-state index in [9.17, 15) is 0 Å². The van der Waals surface area contributed by atoms with Crippen molar-refractivity contribution in [3.63, 3.8) is 0 Å². The summed E-state index contributed by atoms with van der Waals surface area (Å²) in [6.07, 6.45) is 5.66. The minimum Gasteiger partial charge on any atom is -0.310 e. The largest absolute Gasteiger partial charge is 0.310 e. The smallest absolute Gasteiger partial charge is 0.0465 e. The lowest BCUT2D eigenvalue weighted by Gasteiger charge is -2.28. The number of anilines is 3. The molecule has 0 saturated heterocycles. The minimum absolute atomic E-state index is 0.0665. The highest BCUT2D eigenvalue weighted by molar-refractivity contribution is 5.86. The predicted molar refractivity (Wildman–Crippen MR) is 172 cm³/mol. The molecule has 0 atom stereocenters. The van der Waals surface area contributed by atoms with Gasteiger partial charge in [-0.1, -0.05) is 130 Å². The lowest BCUT2D eigenvalue weighted by molar-refractivity contribution is 0.660. The second kappa shape index (κ2) is 10.4. The normalized spacial score (nSPS) is 13.3. The van der Waals surface area contributed by atoms with Gasteiger partial charge >= 0.3 is 0 Å². The summed E-state index contributed by atoms with van der Waals surface area (Å²) in [5.74, 6) is 0. The van der Waals surface area contributed by atoms with Crippen molar-refractivity contribution >= 4 is 22.6 Å². The summed E-state index contributed by atoms with van der Waals surface area (Å²) in [5, 5.41) is 0. The first-order valence-electron chi connectivity index (χ1n) is 13.8. The second-order valence-electron chi connectivity index (χ2n) is 10.8. The molecule has 0 fully saturated rings. The maximum atomic E-state index is 3.98. The maximum absolute atomic E-state index is 3.98. The zero-order valence-electron chi connectivity index (χ0n) is 23.1. The quantitative estimate of drug-likeness (QED) is 0.195. The zero-order valence-corrected chi connectivity index (χ0v) is 23.1. The maximum Gasteiger partial charge on any atom is 0.0465 e. The van der Waals surface area contributed by atoms with E-state index in [4.69, 9.17) is 0 Å². The molecule has 5 aromatic carbocycles. The van der Waals surface area contributed by atoms with E-state index in [-0.39, 0.29) is 5.41 Å². The molecule has 0 spiro atoms. The highest BCUT2D eigenvalue weighted by Gasteiger charge is 2.35. The van der Waals surface area contributed by atoms with Gasteiger partial charge in [-0.2, -0.15) is 0 Å². The number of hydrogen-bond acceptors (Lipinski definition) is 1. The second-order valence-corrected chi connectivity index (χ2v) is 10.8. The molecule has 0 aromatic heterocycles. The van der Waals surface area contributed by atoms with Crippen molar-refractivity contribution in [1.82, 2.24) is 0 Å². The summed E-state index contributed by atoms with van der Waals surface area (Å²) in [6, 6.07) is 43.8. The Balaban J connectivity index is 1.47. The van der Waals surface area contributed by atoms with Gasteiger partial charge in [0.1, 0.15) is 0 Å². The molecular formula is C39H33N. The Bertz CT molecular complexity index is 1720. The lowest BCUT2D eigenvalue weighted by atomic mass is 9.82. The van der Waals surface area contributed by atoms with E-state index in [2.05, 4.69) is 153 Å². The first-order chi connectivity index (χ1) is 19.5. The van der Waals surface area contributed by atoms with Crippen LogP contribution in [-0.4, -0.2) is 0 Å². The van der Waals surface area contributed by atoms with E-state index in [1.54, 1.807) is 6.08 Å². The molecule has 0 aliphatic heterocycles. The molecule has 40 heavy (non-hydrogen) atoms. The molecular weight excluding hydrogens is 482 g/mol. The van der Waals surface area contributed by atoms with Crippen LogP contribution in [0.2, 0.25) is 0 Å². The molecule has 1 aliphatic rings. The van der Waals surface area contributed by atoms with Crippen molar-refractivity contribution in [3.8, 4) is 22.3 Å². The summed E-state index contributed by atoms with van der Waals surface area (Å²) >= 11 is 0. The number of hydrogen-bond donors (Lipinski definition) is 0. The van der Waals surface area contributed by atoms with Crippen LogP contribution in [0.5, 0.6) is 0 Å². The number of rotatable bonds is 7. The average Bonchev–Trinajstić information content (AvgIpc) is 3.23. The molecule has 0 N–H and O–H groups in total. The summed E-state index contributed by atoms with van der Waals surface area (Å²) in [7, 11) is 0. The van der Waals surface area contributed by atoms with Crippen molar-refractivity contribution in [2.24, 2.45) is 0 Å². The van der Waals surface area contributed by atoms with Crippen LogP contribution in [0, 0.1) is 0 Å². The van der Waals surface area contributed by atoms with Gasteiger partial charge in [0, 0.05) is 22.5 Å². The van der Waals surface area contributed by atoms with Gasteiger partial charge in [0.2, 0.25) is 0 Å². The van der Waals surface area contributed by atoms with E-state index < -0.39 is 0 Å². The molecule has 1 heteroatoms. The Labute approximate surface area is 238 Å². The first-order valence-corrected chi connectivity index (χ1v) is 13.8. The summed E-state index contributed by atoms with van der Waals surface area (Å²) in [5.41, 5.74) is 13.3. The topological polar surface area (TPSA) is 3.24 Å². The third-order valence-electron chi connectivity index (χ3n) is 8.03. The molecule has 194 valence electrons. The Morgan fingerprint density at radius 1 is 0.600 bits per heavy atom. The van der Waals surface area contributed by atoms with Crippen molar-refractivity contribution in [3.05, 3.63) is 169 Å². The van der Waals surface area contributed by atoms with Gasteiger partial charge in [-0.05, 0) is 80.9 Å². The van der Waals surface area contributed by atoms with Crippen molar-refractivity contribution in [1.29, 1.82) is 0 Å². The van der Waals surface area contributed by atoms with E-state index in [0.29, 0.717) is 0 Å². The van der Waals surface area contributed by atoms with Gasteiger partial charge in [-0.3, -0.25) is 0 Å². The standard InChI is InChI=1S/C39H33N/c1-5-12-28(6-2)30-17-21-32(22-18-30)40(33-23-19-31(20-24-33)29-13-8-7-9-14-29)34-25-26-36-35-15-10-11-16-37(35)39(3,4)38(36)27-34/h5-27H,1-2H2,3-4H3/b28-12+. The van der Waals surface area contributed by atoms with Crippen LogP contribution in [0.15, 0.2) is 153 Å². The van der Waals surface area contributed by atoms with Crippen molar-refractivity contribution in [2.45, 2.75) is 19.3 Å². The Hall–Kier alpha value is -4.88. The number of fused-ring (bicyclic) bond motifs is 3. The van der Waals surface area contributed by atoms with Gasteiger partial charge in [0.05, 0.1) is 0 Å². The highest BCUT2D eigenvalue weighted by atomic mass is 15.1. The van der Waals surface area contributed by atoms with Gasteiger partial charge in [0.25, 0.3) is 0 Å². The third-order valence-corrected chi connectivity index (χ3v) is 8.03. The zero-order chi connectivity index (χ0) is 27.7. The average molecular weight is 516 g/mol. The minimum atomic E-state index is -0.0665. The van der Waals surface area contributed by atoms with Crippen molar-refractivity contribution in [2.75, 3.05) is 4.90 Å². The molecule has 1 aliphatic carbocycles. The summed E-state index contributed by atoms with van der Waals surface area (Å²) in [6.45, 7) is 12.5. The molecule has 1 nitrogen and oxygen atoms in total. The first kappa shape index (κ1) is 25.4. The molecule has 0 saturated carbocycles. The van der Waals surface area contributed by atoms with Crippen molar-refractivity contribution < 1.29 is 0 Å². The molecule has 0 heterocycles. The fourth-order valence-electron chi connectivity index (χ4n) is 5.92. The summed E-state index contributed by atoms with van der Waals surface area (Å²) in [4.78, 5) is 2.35. The Morgan fingerprint density at radius 2 is 1.18 bits per heavy atom. The Morgan fingerprint density at radius 3 is 1.85 bits per heavy atom. The van der Waals surface area contributed by atoms with E-state index in [1.807, 2.05) is 12.2 Å². The number of allylic oxidation sites excluding steroid dienone is 4. The van der Waals surface area contributed by atoms with E-state index in [1.165, 1.54) is 33.4 Å². The van der Waals surface area contributed by atoms with Gasteiger partial charge < -0.3 is 4.90 Å². The molecule has 0 unspecified atom stereocenters. The van der Waals surface area contributed by atoms with Crippen LogP contribution in [0.1, 0.15) is 30.5 Å².